The first-order valence-corrected chi connectivity index (χ1v) is 7.07. The number of nitrogens with zero attached hydrogens (tertiary/aromatic N) is 1. The fourth-order valence-electron chi connectivity index (χ4n) is 1.75. The molecule has 21 heavy (non-hydrogen) atoms. The van der Waals surface area contributed by atoms with Crippen molar-refractivity contribution in [1.82, 2.24) is 0 Å². The molecule has 0 aliphatic heterocycles. The van der Waals surface area contributed by atoms with Crippen LogP contribution in [0.2, 0.25) is 0 Å². The van der Waals surface area contributed by atoms with E-state index in [0.717, 1.165) is 10.0 Å². The largest absolute Gasteiger partial charge is 0.482 e. The molecule has 0 aromatic heterocycles. The predicted octanol–water partition coefficient (Wildman–Crippen LogP) is 3.65. The van der Waals surface area contributed by atoms with Gasteiger partial charge in [0, 0.05) is 10.2 Å². The lowest BCUT2D eigenvalue weighted by atomic mass is 10.2. The maximum absolute atomic E-state index is 11.9. The van der Waals surface area contributed by atoms with Crippen LogP contribution in [-0.2, 0) is 4.79 Å². The Bertz CT molecular complexity index is 708. The van der Waals surface area contributed by atoms with Crippen molar-refractivity contribution in [2.75, 3.05) is 11.9 Å². The van der Waals surface area contributed by atoms with Crippen LogP contribution in [0.4, 0.5) is 5.69 Å². The van der Waals surface area contributed by atoms with Gasteiger partial charge in [-0.25, -0.2) is 0 Å². The number of carbonyl (C=O) groups excluding carboxylic acids is 1. The van der Waals surface area contributed by atoms with Crippen LogP contribution >= 0.6 is 15.9 Å². The van der Waals surface area contributed by atoms with E-state index >= 15 is 0 Å². The molecule has 2 aromatic rings. The van der Waals surface area contributed by atoms with Gasteiger partial charge in [-0.15, -0.1) is 0 Å². The van der Waals surface area contributed by atoms with Crippen LogP contribution < -0.4 is 10.1 Å². The zero-order chi connectivity index (χ0) is 15.2. The van der Waals surface area contributed by atoms with E-state index in [1.165, 1.54) is 0 Å². The zero-order valence-electron chi connectivity index (χ0n) is 11.4. The number of carbonyl (C=O) groups is 1. The van der Waals surface area contributed by atoms with Crippen molar-refractivity contribution in [2.24, 2.45) is 0 Å². The first kappa shape index (κ1) is 15.1. The lowest BCUT2D eigenvalue weighted by Crippen LogP contribution is -2.20. The van der Waals surface area contributed by atoms with Gasteiger partial charge >= 0.3 is 0 Å². The summed E-state index contributed by atoms with van der Waals surface area (Å²) in [5, 5.41) is 11.7. The quantitative estimate of drug-likeness (QED) is 0.920. The molecule has 0 fully saturated rings. The Labute approximate surface area is 131 Å². The first-order chi connectivity index (χ1) is 10.1. The van der Waals surface area contributed by atoms with E-state index in [4.69, 9.17) is 10.00 Å². The Morgan fingerprint density at radius 3 is 2.81 bits per heavy atom. The molecule has 0 aliphatic rings. The van der Waals surface area contributed by atoms with Crippen molar-refractivity contribution in [2.45, 2.75) is 6.92 Å². The predicted molar refractivity (Wildman–Crippen MR) is 84.2 cm³/mol. The molecule has 0 bridgehead atoms. The molecule has 0 atom stereocenters. The van der Waals surface area contributed by atoms with Crippen molar-refractivity contribution in [3.8, 4) is 11.8 Å². The van der Waals surface area contributed by atoms with Crippen LogP contribution in [0.25, 0.3) is 0 Å². The van der Waals surface area contributed by atoms with Gasteiger partial charge in [-0.2, -0.15) is 5.26 Å². The summed E-state index contributed by atoms with van der Waals surface area (Å²) >= 11 is 3.40. The molecule has 4 nitrogen and oxygen atoms in total. The molecule has 1 amide bonds. The van der Waals surface area contributed by atoms with E-state index in [2.05, 4.69) is 21.2 Å². The van der Waals surface area contributed by atoms with Crippen molar-refractivity contribution in [3.63, 3.8) is 0 Å². The average Bonchev–Trinajstić information content (AvgIpc) is 2.49. The fraction of sp³-hybridized carbons (Fsp3) is 0.125. The second-order valence-corrected chi connectivity index (χ2v) is 5.26. The normalized spacial score (nSPS) is 9.76. The lowest BCUT2D eigenvalue weighted by molar-refractivity contribution is -0.118. The third-order valence-electron chi connectivity index (χ3n) is 2.81. The molecule has 106 valence electrons. The Kier molecular flexibility index (Phi) is 4.96. The number of benzene rings is 2. The maximum Gasteiger partial charge on any atom is 0.262 e. The van der Waals surface area contributed by atoms with Crippen LogP contribution in [0, 0.1) is 18.3 Å². The van der Waals surface area contributed by atoms with E-state index in [1.54, 1.807) is 30.3 Å². The summed E-state index contributed by atoms with van der Waals surface area (Å²) < 4.78 is 6.36. The molecule has 0 saturated heterocycles. The van der Waals surface area contributed by atoms with Crippen molar-refractivity contribution < 1.29 is 9.53 Å². The van der Waals surface area contributed by atoms with Gasteiger partial charge in [0.05, 0.1) is 5.56 Å². The van der Waals surface area contributed by atoms with Gasteiger partial charge in [-0.05, 0) is 42.8 Å². The van der Waals surface area contributed by atoms with Crippen LogP contribution in [0.1, 0.15) is 11.1 Å². The minimum Gasteiger partial charge on any atom is -0.482 e. The van der Waals surface area contributed by atoms with Gasteiger partial charge in [-0.1, -0.05) is 28.1 Å². The highest BCUT2D eigenvalue weighted by Crippen LogP contribution is 2.20. The van der Waals surface area contributed by atoms with E-state index in [-0.39, 0.29) is 12.5 Å². The molecule has 2 rings (SSSR count). The minimum atomic E-state index is -0.274. The molecule has 5 heteroatoms. The number of hydrogen-bond donors (Lipinski definition) is 1. The number of amides is 1. The second-order valence-electron chi connectivity index (χ2n) is 4.41. The highest BCUT2D eigenvalue weighted by Gasteiger charge is 2.07. The number of nitrogens with one attached hydrogen (secondary N) is 1. The number of aryl methyl sites for hydroxylation is 1. The molecule has 0 aliphatic carbocycles. The molecular formula is C16H13BrN2O2. The number of para-hydroxylation sites is 1. The van der Waals surface area contributed by atoms with Gasteiger partial charge in [0.15, 0.2) is 6.61 Å². The molecule has 0 radical (unpaired) electrons. The van der Waals surface area contributed by atoms with Gasteiger partial charge in [0.1, 0.15) is 11.8 Å². The van der Waals surface area contributed by atoms with Crippen LogP contribution in [0.15, 0.2) is 46.9 Å². The number of hydrogen-bond acceptors (Lipinski definition) is 3. The Balaban J connectivity index is 1.96. The Hall–Kier alpha value is -2.32. The molecule has 2 aromatic carbocycles. The Morgan fingerprint density at radius 2 is 2.10 bits per heavy atom. The maximum atomic E-state index is 11.9. The van der Waals surface area contributed by atoms with E-state index < -0.39 is 0 Å². The smallest absolute Gasteiger partial charge is 0.262 e. The average molecular weight is 345 g/mol. The second kappa shape index (κ2) is 6.91. The third-order valence-corrected chi connectivity index (χ3v) is 3.70. The topological polar surface area (TPSA) is 62.1 Å². The van der Waals surface area contributed by atoms with E-state index in [0.29, 0.717) is 17.0 Å². The van der Waals surface area contributed by atoms with Crippen LogP contribution in [0.5, 0.6) is 5.75 Å². The summed E-state index contributed by atoms with van der Waals surface area (Å²) in [7, 11) is 0. The third kappa shape index (κ3) is 4.07. The summed E-state index contributed by atoms with van der Waals surface area (Å²) in [5.41, 5.74) is 2.14. The first-order valence-electron chi connectivity index (χ1n) is 6.28. The number of rotatable bonds is 4. The van der Waals surface area contributed by atoms with Crippen LogP contribution in [-0.4, -0.2) is 12.5 Å². The summed E-state index contributed by atoms with van der Waals surface area (Å²) in [6, 6.07) is 14.4. The van der Waals surface area contributed by atoms with E-state index in [1.807, 2.05) is 25.1 Å². The number of ether oxygens (including phenoxy) is 1. The molecular weight excluding hydrogens is 332 g/mol. The van der Waals surface area contributed by atoms with Crippen molar-refractivity contribution in [3.05, 3.63) is 58.1 Å². The van der Waals surface area contributed by atoms with Crippen LogP contribution in [0.3, 0.4) is 0 Å². The molecule has 0 saturated carbocycles. The molecule has 0 spiro atoms. The molecule has 0 heterocycles. The van der Waals surface area contributed by atoms with Crippen molar-refractivity contribution in [1.29, 1.82) is 5.26 Å². The fourth-order valence-corrected chi connectivity index (χ4v) is 1.99. The summed E-state index contributed by atoms with van der Waals surface area (Å²) in [6.45, 7) is 1.80. The number of anilines is 1. The highest BCUT2D eigenvalue weighted by atomic mass is 79.9. The van der Waals surface area contributed by atoms with Gasteiger partial charge in [-0.3, -0.25) is 4.79 Å². The van der Waals surface area contributed by atoms with Crippen molar-refractivity contribution >= 4 is 27.5 Å². The lowest BCUT2D eigenvalue weighted by Gasteiger charge is -2.09. The van der Waals surface area contributed by atoms with Gasteiger partial charge in [0.2, 0.25) is 0 Å². The highest BCUT2D eigenvalue weighted by molar-refractivity contribution is 9.10. The summed E-state index contributed by atoms with van der Waals surface area (Å²) in [6.07, 6.45) is 0. The van der Waals surface area contributed by atoms with Gasteiger partial charge < -0.3 is 10.1 Å². The zero-order valence-corrected chi connectivity index (χ0v) is 13.0. The minimum absolute atomic E-state index is 0.145. The number of nitriles is 1. The Morgan fingerprint density at radius 1 is 1.33 bits per heavy atom. The molecule has 1 N–H and O–H groups in total. The number of halogens is 1. The van der Waals surface area contributed by atoms with E-state index in [9.17, 15) is 4.79 Å². The summed E-state index contributed by atoms with van der Waals surface area (Å²) in [5.74, 6) is 0.131. The summed E-state index contributed by atoms with van der Waals surface area (Å²) in [4.78, 5) is 11.9. The van der Waals surface area contributed by atoms with Gasteiger partial charge in [0.25, 0.3) is 5.91 Å². The molecule has 0 unspecified atom stereocenters. The standard InChI is InChI=1S/C16H13BrN2O2/c1-11-8-13(6-7-14(11)17)19-16(20)10-21-15-5-3-2-4-12(15)9-18/h2-8H,10H2,1H3,(H,19,20). The SMILES string of the molecule is Cc1cc(NC(=O)COc2ccccc2C#N)ccc1Br. The monoisotopic (exact) mass is 344 g/mol.